The van der Waals surface area contributed by atoms with Crippen molar-refractivity contribution in [2.75, 3.05) is 6.54 Å². The Balaban J connectivity index is 2.91. The van der Waals surface area contributed by atoms with Crippen molar-refractivity contribution in [1.82, 2.24) is 4.98 Å². The average Bonchev–Trinajstić information content (AvgIpc) is 2.36. The van der Waals surface area contributed by atoms with Gasteiger partial charge in [0.25, 0.3) is 0 Å². The molecular weight excluding hydrogens is 144 g/mol. The van der Waals surface area contributed by atoms with Crippen molar-refractivity contribution in [2.45, 2.75) is 13.3 Å². The van der Waals surface area contributed by atoms with Crippen LogP contribution in [-0.4, -0.2) is 11.5 Å². The third-order valence-electron chi connectivity index (χ3n) is 1.68. The zero-order valence-corrected chi connectivity index (χ0v) is 6.61. The molecule has 0 radical (unpaired) electrons. The Kier molecular flexibility index (Phi) is 1.31. The van der Waals surface area contributed by atoms with Gasteiger partial charge in [-0.2, -0.15) is 0 Å². The minimum absolute atomic E-state index is 0.919. The minimum atomic E-state index is 0.919. The average molecular weight is 152 g/mol. The van der Waals surface area contributed by atoms with E-state index in [1.165, 1.54) is 10.1 Å². The quantitative estimate of drug-likeness (QED) is 0.526. The van der Waals surface area contributed by atoms with Gasteiger partial charge in [0.1, 0.15) is 0 Å². The van der Waals surface area contributed by atoms with Crippen molar-refractivity contribution < 1.29 is 0 Å². The van der Waals surface area contributed by atoms with Crippen LogP contribution in [0, 0.1) is 0 Å². The van der Waals surface area contributed by atoms with Gasteiger partial charge in [-0.15, -0.1) is 11.3 Å². The summed E-state index contributed by atoms with van der Waals surface area (Å²) in [5.74, 6) is 0. The van der Waals surface area contributed by atoms with Crippen molar-refractivity contribution in [3.05, 3.63) is 15.5 Å². The van der Waals surface area contributed by atoms with Crippen LogP contribution in [0.1, 0.15) is 13.3 Å². The Labute approximate surface area is 63.0 Å². The number of fused-ring (bicyclic) bond motifs is 1. The predicted octanol–water partition coefficient (Wildman–Crippen LogP) is 0.337. The maximum absolute atomic E-state index is 4.28. The number of hydrogen-bond donors (Lipinski definition) is 0. The third kappa shape index (κ3) is 0.778. The van der Waals surface area contributed by atoms with Crippen molar-refractivity contribution in [3.63, 3.8) is 0 Å². The number of nitrogens with zero attached hydrogens (tertiary/aromatic N) is 2. The van der Waals surface area contributed by atoms with Crippen molar-refractivity contribution in [1.29, 1.82) is 0 Å². The van der Waals surface area contributed by atoms with Crippen LogP contribution in [0.25, 0.3) is 5.57 Å². The van der Waals surface area contributed by atoms with Gasteiger partial charge in [-0.05, 0) is 13.3 Å². The van der Waals surface area contributed by atoms with E-state index in [2.05, 4.69) is 16.9 Å². The second-order valence-electron chi connectivity index (χ2n) is 2.42. The van der Waals surface area contributed by atoms with Gasteiger partial charge in [-0.25, -0.2) is 4.98 Å². The molecule has 0 bridgehead atoms. The molecule has 1 aromatic rings. The topological polar surface area (TPSA) is 25.2 Å². The monoisotopic (exact) mass is 152 g/mol. The van der Waals surface area contributed by atoms with Gasteiger partial charge in [0.05, 0.1) is 10.0 Å². The fourth-order valence-corrected chi connectivity index (χ4v) is 1.87. The molecule has 0 N–H and O–H groups in total. The molecule has 0 fully saturated rings. The standard InChI is InChI=1S/C7H8N2S/c1-5-2-3-8-7-6(5)10-4-9-7/h4H,2-3H2,1H3. The molecule has 0 amide bonds. The molecule has 1 aliphatic rings. The molecule has 0 spiro atoms. The van der Waals surface area contributed by atoms with Gasteiger partial charge in [-0.1, -0.05) is 5.57 Å². The fraction of sp³-hybridized carbons (Fsp3) is 0.429. The summed E-state index contributed by atoms with van der Waals surface area (Å²) in [6.07, 6.45) is 1.11. The van der Waals surface area contributed by atoms with Crippen molar-refractivity contribution >= 4 is 16.9 Å². The lowest BCUT2D eigenvalue weighted by Crippen LogP contribution is -2.27. The van der Waals surface area contributed by atoms with E-state index in [0.717, 1.165) is 18.5 Å². The molecule has 10 heavy (non-hydrogen) atoms. The Morgan fingerprint density at radius 2 is 2.50 bits per heavy atom. The highest BCUT2D eigenvalue weighted by atomic mass is 32.1. The first-order valence-corrected chi connectivity index (χ1v) is 4.19. The van der Waals surface area contributed by atoms with Crippen LogP contribution >= 0.6 is 11.3 Å². The SMILES string of the molecule is CC1=c2scnc2=NCC1. The first kappa shape index (κ1) is 6.04. The van der Waals surface area contributed by atoms with E-state index < -0.39 is 0 Å². The van der Waals surface area contributed by atoms with E-state index in [-0.39, 0.29) is 0 Å². The number of hydrogen-bond acceptors (Lipinski definition) is 3. The maximum Gasteiger partial charge on any atom is 0.165 e. The summed E-state index contributed by atoms with van der Waals surface area (Å²) in [5.41, 5.74) is 4.25. The Bertz CT molecular complexity index is 350. The Morgan fingerprint density at radius 3 is 3.30 bits per heavy atom. The summed E-state index contributed by atoms with van der Waals surface area (Å²) in [7, 11) is 0. The summed E-state index contributed by atoms with van der Waals surface area (Å²) in [5, 5.41) is 0. The van der Waals surface area contributed by atoms with Gasteiger partial charge >= 0.3 is 0 Å². The highest BCUT2D eigenvalue weighted by Crippen LogP contribution is 2.00. The van der Waals surface area contributed by atoms with E-state index in [1.807, 2.05) is 5.51 Å². The van der Waals surface area contributed by atoms with E-state index in [0.29, 0.717) is 0 Å². The number of aromatic nitrogens is 1. The fourth-order valence-electron chi connectivity index (χ4n) is 1.09. The Morgan fingerprint density at radius 1 is 1.60 bits per heavy atom. The van der Waals surface area contributed by atoms with Crippen LogP contribution < -0.4 is 10.0 Å². The van der Waals surface area contributed by atoms with E-state index in [9.17, 15) is 0 Å². The molecule has 0 unspecified atom stereocenters. The number of rotatable bonds is 0. The molecule has 2 nitrogen and oxygen atoms in total. The smallest absolute Gasteiger partial charge is 0.165 e. The largest absolute Gasteiger partial charge is 0.265 e. The van der Waals surface area contributed by atoms with Crippen LogP contribution in [0.4, 0.5) is 0 Å². The molecule has 2 heterocycles. The molecule has 2 rings (SSSR count). The summed E-state index contributed by atoms with van der Waals surface area (Å²) in [6.45, 7) is 3.08. The third-order valence-corrected chi connectivity index (χ3v) is 2.66. The van der Waals surface area contributed by atoms with Gasteiger partial charge in [0.2, 0.25) is 0 Å². The zero-order valence-electron chi connectivity index (χ0n) is 5.79. The zero-order chi connectivity index (χ0) is 6.97. The van der Waals surface area contributed by atoms with Crippen LogP contribution in [0.2, 0.25) is 0 Å². The van der Waals surface area contributed by atoms with Gasteiger partial charge in [0.15, 0.2) is 5.49 Å². The molecule has 1 aromatic heterocycles. The predicted molar refractivity (Wildman–Crippen MR) is 41.5 cm³/mol. The van der Waals surface area contributed by atoms with Crippen LogP contribution in [0.5, 0.6) is 0 Å². The summed E-state index contributed by atoms with van der Waals surface area (Å²) in [6, 6.07) is 0. The highest BCUT2D eigenvalue weighted by molar-refractivity contribution is 7.07. The molecule has 1 aliphatic heterocycles. The van der Waals surface area contributed by atoms with E-state index in [4.69, 9.17) is 0 Å². The first-order valence-electron chi connectivity index (χ1n) is 3.32. The van der Waals surface area contributed by atoms with E-state index >= 15 is 0 Å². The summed E-state index contributed by atoms with van der Waals surface area (Å²) in [4.78, 5) is 8.42. The molecule has 0 atom stereocenters. The molecule has 3 heteroatoms. The van der Waals surface area contributed by atoms with E-state index in [1.54, 1.807) is 11.3 Å². The first-order chi connectivity index (χ1) is 4.88. The van der Waals surface area contributed by atoms with Gasteiger partial charge in [0, 0.05) is 6.54 Å². The molecule has 0 aromatic carbocycles. The summed E-state index contributed by atoms with van der Waals surface area (Å²) < 4.78 is 1.28. The molecule has 0 aliphatic carbocycles. The summed E-state index contributed by atoms with van der Waals surface area (Å²) >= 11 is 1.69. The lowest BCUT2D eigenvalue weighted by Gasteiger charge is -1.98. The van der Waals surface area contributed by atoms with Crippen LogP contribution in [-0.2, 0) is 0 Å². The number of thiazole rings is 1. The van der Waals surface area contributed by atoms with Crippen molar-refractivity contribution in [3.8, 4) is 0 Å². The maximum atomic E-state index is 4.28. The lowest BCUT2D eigenvalue weighted by atomic mass is 10.2. The van der Waals surface area contributed by atoms with Gasteiger partial charge < -0.3 is 0 Å². The molecule has 0 saturated carbocycles. The lowest BCUT2D eigenvalue weighted by molar-refractivity contribution is 0.914. The normalized spacial score (nSPS) is 16.3. The second-order valence-corrected chi connectivity index (χ2v) is 3.27. The Hall–Kier alpha value is -0.700. The molecule has 0 saturated heterocycles. The van der Waals surface area contributed by atoms with Crippen LogP contribution in [0.3, 0.4) is 0 Å². The minimum Gasteiger partial charge on any atom is -0.265 e. The van der Waals surface area contributed by atoms with Crippen LogP contribution in [0.15, 0.2) is 10.5 Å². The molecule has 52 valence electrons. The van der Waals surface area contributed by atoms with Gasteiger partial charge in [-0.3, -0.25) is 4.99 Å². The molecular formula is C7H8N2S. The highest BCUT2D eigenvalue weighted by Gasteiger charge is 2.01. The van der Waals surface area contributed by atoms with Crippen molar-refractivity contribution in [2.24, 2.45) is 4.99 Å². The second kappa shape index (κ2) is 2.16.